The lowest BCUT2D eigenvalue weighted by Gasteiger charge is -2.38. The molecule has 3 aliphatic carbocycles. The van der Waals surface area contributed by atoms with Crippen molar-refractivity contribution < 1.29 is 9.59 Å². The van der Waals surface area contributed by atoms with E-state index in [0.29, 0.717) is 35.5 Å². The molecular weight excluding hydrogens is 348 g/mol. The van der Waals surface area contributed by atoms with Crippen molar-refractivity contribution in [3.05, 3.63) is 0 Å². The molecule has 0 spiro atoms. The molecule has 0 aromatic heterocycles. The van der Waals surface area contributed by atoms with Gasteiger partial charge in [0.05, 0.1) is 6.54 Å². The third-order valence-electron chi connectivity index (χ3n) is 8.27. The van der Waals surface area contributed by atoms with Crippen LogP contribution < -0.4 is 5.32 Å². The fraction of sp³-hybridized carbons (Fsp3) is 0.917. The molecule has 4 fully saturated rings. The summed E-state index contributed by atoms with van der Waals surface area (Å²) >= 11 is 0. The van der Waals surface area contributed by atoms with Crippen molar-refractivity contribution in [1.29, 1.82) is 0 Å². The summed E-state index contributed by atoms with van der Waals surface area (Å²) in [5.41, 5.74) is 0.366. The van der Waals surface area contributed by atoms with E-state index in [1.165, 1.54) is 38.5 Å². The molecule has 4 rings (SSSR count). The number of carbonyl (C=O) groups excluding carboxylic acids is 2. The lowest BCUT2D eigenvalue weighted by molar-refractivity contribution is -0.127. The fourth-order valence-electron chi connectivity index (χ4n) is 6.34. The van der Waals surface area contributed by atoms with Gasteiger partial charge in [0.2, 0.25) is 5.91 Å². The molecule has 0 radical (unpaired) electrons. The van der Waals surface area contributed by atoms with Crippen LogP contribution in [0.2, 0.25) is 0 Å². The molecule has 1 amide bonds. The smallest absolute Gasteiger partial charge is 0.234 e. The third-order valence-corrected chi connectivity index (χ3v) is 8.27. The first-order valence-corrected chi connectivity index (χ1v) is 11.9. The summed E-state index contributed by atoms with van der Waals surface area (Å²) in [6, 6.07) is 0.109. The van der Waals surface area contributed by atoms with Crippen LogP contribution >= 0.6 is 0 Å². The average molecular weight is 389 g/mol. The third kappa shape index (κ3) is 4.47. The average Bonchev–Trinajstić information content (AvgIpc) is 3.44. The van der Waals surface area contributed by atoms with Gasteiger partial charge < -0.3 is 5.32 Å². The van der Waals surface area contributed by atoms with E-state index in [1.807, 2.05) is 0 Å². The minimum absolute atomic E-state index is 0.0937. The number of fused-ring (bicyclic) bond motifs is 1. The number of likely N-dealkylation sites (tertiary alicyclic amines) is 1. The molecule has 1 N–H and O–H groups in total. The zero-order valence-electron chi connectivity index (χ0n) is 18.2. The number of piperidine rings is 1. The van der Waals surface area contributed by atoms with Crippen molar-refractivity contribution in [3.63, 3.8) is 0 Å². The van der Waals surface area contributed by atoms with Crippen LogP contribution in [0.25, 0.3) is 0 Å². The summed E-state index contributed by atoms with van der Waals surface area (Å²) in [5, 5.41) is 3.38. The highest BCUT2D eigenvalue weighted by Crippen LogP contribution is 2.48. The van der Waals surface area contributed by atoms with Gasteiger partial charge >= 0.3 is 0 Å². The Bertz CT molecular complexity index is 584. The Morgan fingerprint density at radius 1 is 0.964 bits per heavy atom. The van der Waals surface area contributed by atoms with Gasteiger partial charge in [0, 0.05) is 17.9 Å². The van der Waals surface area contributed by atoms with E-state index in [-0.39, 0.29) is 17.9 Å². The largest absolute Gasteiger partial charge is 0.351 e. The van der Waals surface area contributed by atoms with Crippen molar-refractivity contribution in [2.75, 3.05) is 19.6 Å². The summed E-state index contributed by atoms with van der Waals surface area (Å²) in [6.45, 7) is 9.55. The minimum Gasteiger partial charge on any atom is -0.351 e. The van der Waals surface area contributed by atoms with Crippen LogP contribution in [0.5, 0.6) is 0 Å². The molecule has 0 bridgehead atoms. The van der Waals surface area contributed by atoms with E-state index < -0.39 is 0 Å². The van der Waals surface area contributed by atoms with Crippen molar-refractivity contribution >= 4 is 11.7 Å². The van der Waals surface area contributed by atoms with Crippen LogP contribution in [0.1, 0.15) is 78.6 Å². The first-order chi connectivity index (χ1) is 13.3. The number of amides is 1. The van der Waals surface area contributed by atoms with E-state index in [0.717, 1.165) is 38.3 Å². The summed E-state index contributed by atoms with van der Waals surface area (Å²) < 4.78 is 0. The van der Waals surface area contributed by atoms with Gasteiger partial charge in [0.1, 0.15) is 5.78 Å². The second kappa shape index (κ2) is 8.08. The number of rotatable bonds is 5. The highest BCUT2D eigenvalue weighted by molar-refractivity contribution is 5.87. The molecule has 1 saturated heterocycles. The first-order valence-electron chi connectivity index (χ1n) is 11.9. The summed E-state index contributed by atoms with van der Waals surface area (Å²) in [5.74, 6) is 2.97. The second-order valence-electron chi connectivity index (χ2n) is 11.2. The first kappa shape index (κ1) is 20.4. The zero-order chi connectivity index (χ0) is 19.9. The number of carbonyl (C=O) groups is 2. The molecule has 4 atom stereocenters. The van der Waals surface area contributed by atoms with Gasteiger partial charge in [-0.25, -0.2) is 0 Å². The van der Waals surface area contributed by atoms with Gasteiger partial charge in [0.15, 0.2) is 0 Å². The number of hydrogen-bond donors (Lipinski definition) is 1. The quantitative estimate of drug-likeness (QED) is 0.773. The van der Waals surface area contributed by atoms with Crippen molar-refractivity contribution in [2.45, 2.75) is 84.6 Å². The number of Topliss-reactive ketones (excluding diaryl/α,β-unsaturated/α-hetero) is 1. The van der Waals surface area contributed by atoms with Gasteiger partial charge in [-0.15, -0.1) is 0 Å². The molecule has 28 heavy (non-hydrogen) atoms. The Morgan fingerprint density at radius 2 is 1.64 bits per heavy atom. The van der Waals surface area contributed by atoms with Crippen LogP contribution in [0.15, 0.2) is 0 Å². The van der Waals surface area contributed by atoms with Gasteiger partial charge in [-0.1, -0.05) is 40.0 Å². The number of nitrogens with zero attached hydrogens (tertiary/aromatic N) is 1. The maximum atomic E-state index is 12.9. The molecule has 1 aliphatic heterocycles. The molecule has 158 valence electrons. The molecule has 4 nitrogen and oxygen atoms in total. The van der Waals surface area contributed by atoms with E-state index in [1.54, 1.807) is 0 Å². The maximum absolute atomic E-state index is 12.9. The van der Waals surface area contributed by atoms with Crippen LogP contribution in [-0.4, -0.2) is 42.3 Å². The van der Waals surface area contributed by atoms with Crippen LogP contribution in [0, 0.1) is 35.0 Å². The molecule has 0 aromatic rings. The predicted octanol–water partition coefficient (Wildman–Crippen LogP) is 4.03. The van der Waals surface area contributed by atoms with E-state index in [9.17, 15) is 9.59 Å². The summed E-state index contributed by atoms with van der Waals surface area (Å²) in [7, 11) is 0. The van der Waals surface area contributed by atoms with Gasteiger partial charge in [-0.05, 0) is 74.8 Å². The van der Waals surface area contributed by atoms with Crippen molar-refractivity contribution in [1.82, 2.24) is 10.2 Å². The molecular formula is C24H40N2O2. The van der Waals surface area contributed by atoms with Gasteiger partial charge in [-0.3, -0.25) is 14.5 Å². The second-order valence-corrected chi connectivity index (χ2v) is 11.2. The van der Waals surface area contributed by atoms with Crippen LogP contribution in [-0.2, 0) is 9.59 Å². The highest BCUT2D eigenvalue weighted by Gasteiger charge is 2.50. The molecule has 4 unspecified atom stereocenters. The van der Waals surface area contributed by atoms with E-state index in [2.05, 4.69) is 31.0 Å². The molecule has 3 saturated carbocycles. The maximum Gasteiger partial charge on any atom is 0.234 e. The number of ketones is 1. The highest BCUT2D eigenvalue weighted by atomic mass is 16.2. The fourth-order valence-corrected chi connectivity index (χ4v) is 6.34. The monoisotopic (exact) mass is 388 g/mol. The lowest BCUT2D eigenvalue weighted by Crippen LogP contribution is -2.49. The molecule has 0 aromatic carbocycles. The summed E-state index contributed by atoms with van der Waals surface area (Å²) in [6.07, 6.45) is 10.6. The Morgan fingerprint density at radius 3 is 2.29 bits per heavy atom. The topological polar surface area (TPSA) is 49.4 Å². The van der Waals surface area contributed by atoms with E-state index >= 15 is 0 Å². The molecule has 1 heterocycles. The number of hydrogen-bond acceptors (Lipinski definition) is 3. The van der Waals surface area contributed by atoms with Crippen LogP contribution in [0.3, 0.4) is 0 Å². The molecule has 4 aliphatic rings. The van der Waals surface area contributed by atoms with Crippen molar-refractivity contribution in [2.24, 2.45) is 35.0 Å². The lowest BCUT2D eigenvalue weighted by atomic mass is 9.75. The Balaban J connectivity index is 1.33. The van der Waals surface area contributed by atoms with Crippen molar-refractivity contribution in [3.8, 4) is 0 Å². The Hall–Kier alpha value is -0.900. The van der Waals surface area contributed by atoms with Gasteiger partial charge in [0.25, 0.3) is 0 Å². The van der Waals surface area contributed by atoms with Gasteiger partial charge in [-0.2, -0.15) is 0 Å². The Labute approximate surface area is 171 Å². The van der Waals surface area contributed by atoms with Crippen LogP contribution in [0.4, 0.5) is 0 Å². The van der Waals surface area contributed by atoms with E-state index in [4.69, 9.17) is 0 Å². The Kier molecular flexibility index (Phi) is 5.88. The zero-order valence-corrected chi connectivity index (χ0v) is 18.2. The molecule has 4 heteroatoms. The summed E-state index contributed by atoms with van der Waals surface area (Å²) in [4.78, 5) is 28.1. The minimum atomic E-state index is 0.0937. The number of nitrogens with one attached hydrogen (secondary N) is 1. The normalized spacial score (nSPS) is 34.8. The predicted molar refractivity (Wildman–Crippen MR) is 112 cm³/mol. The standard InChI is InChI=1S/C24H40N2O2/c1-24(2,3)18-10-12-26(13-11-18)15-21(27)25-22-19-7-5-4-6-17(19)14-20(22)23(28)16-8-9-16/h16-20,22H,4-15H2,1-3H3,(H,25,27). The SMILES string of the molecule is CC(C)(C)C1CCN(CC(=O)NC2C(C(=O)C3CC3)CC3CCCCC32)CC1.